The Morgan fingerprint density at radius 2 is 1.50 bits per heavy atom. The average molecular weight is 847 g/mol. The molecule has 0 spiro atoms. The molecule has 50 heavy (non-hydrogen) atoms. The van der Waals surface area contributed by atoms with Gasteiger partial charge in [-0.2, -0.15) is 0 Å². The van der Waals surface area contributed by atoms with E-state index in [0.717, 1.165) is 80.6 Å². The van der Waals surface area contributed by atoms with Crippen molar-refractivity contribution in [2.24, 2.45) is 11.8 Å². The van der Waals surface area contributed by atoms with E-state index in [1.807, 2.05) is 45.9 Å². The molecular weight excluding hydrogens is 803 g/mol. The summed E-state index contributed by atoms with van der Waals surface area (Å²) in [6, 6.07) is 22.3. The molecule has 0 atom stereocenters. The molecule has 7 aromatic rings. The number of furan rings is 1. The molecule has 261 valence electrons. The molecule has 3 heterocycles. The molecule has 0 saturated heterocycles. The standard InChI is InChI=1S/C29H20N3O2.C13H24O2.Ir/c1-29(2,3)22-13-17(12-16-6-4-5-7-18(16)22)25-24-21-9-8-20-19(10-11-23-27(20)33-15-32-23)26(21)34-28(24)31-14-30-25;1-5-10(6-2)12(14)9-13(15)11(7-3)8-4;/h4-11,13-15H,1-3H3;9-11,14H,5-8H2,1-4H3;/q-1;;/b;12-9-;. The number of rotatable bonds is 8. The number of benzene rings is 4. The molecule has 4 aromatic carbocycles. The molecule has 0 amide bonds. The third-order valence-corrected chi connectivity index (χ3v) is 9.64. The summed E-state index contributed by atoms with van der Waals surface area (Å²) in [6.45, 7) is 14.8. The molecule has 7 rings (SSSR count). The van der Waals surface area contributed by atoms with Crippen molar-refractivity contribution in [3.05, 3.63) is 90.8 Å². The number of oxazole rings is 1. The molecule has 1 N–H and O–H groups in total. The number of hydrogen-bond donors (Lipinski definition) is 1. The fourth-order valence-electron chi connectivity index (χ4n) is 6.76. The van der Waals surface area contributed by atoms with E-state index >= 15 is 0 Å². The first-order chi connectivity index (χ1) is 23.6. The topological polar surface area (TPSA) is 102 Å². The van der Waals surface area contributed by atoms with Gasteiger partial charge in [-0.25, -0.2) is 9.97 Å². The minimum Gasteiger partial charge on any atom is -0.512 e. The predicted octanol–water partition coefficient (Wildman–Crippen LogP) is 11.5. The van der Waals surface area contributed by atoms with Gasteiger partial charge in [0, 0.05) is 65.3 Å². The maximum absolute atomic E-state index is 11.7. The van der Waals surface area contributed by atoms with Gasteiger partial charge in [0.05, 0.1) is 5.76 Å². The van der Waals surface area contributed by atoms with Crippen molar-refractivity contribution >= 4 is 60.5 Å². The second kappa shape index (κ2) is 15.2. The monoisotopic (exact) mass is 847 g/mol. The first kappa shape index (κ1) is 36.9. The van der Waals surface area contributed by atoms with E-state index in [1.54, 1.807) is 6.33 Å². The second-order valence-corrected chi connectivity index (χ2v) is 13.7. The maximum atomic E-state index is 11.7. The summed E-state index contributed by atoms with van der Waals surface area (Å²) in [7, 11) is 0. The minimum absolute atomic E-state index is 0. The zero-order valence-corrected chi connectivity index (χ0v) is 32.2. The van der Waals surface area contributed by atoms with Crippen molar-refractivity contribution in [1.29, 1.82) is 0 Å². The van der Waals surface area contributed by atoms with Crippen molar-refractivity contribution < 1.29 is 38.8 Å². The van der Waals surface area contributed by atoms with E-state index in [9.17, 15) is 9.90 Å². The summed E-state index contributed by atoms with van der Waals surface area (Å²) in [4.78, 5) is 25.2. The van der Waals surface area contributed by atoms with Crippen LogP contribution in [0.25, 0.3) is 66.0 Å². The summed E-state index contributed by atoms with van der Waals surface area (Å²) in [5, 5.41) is 15.8. The SMILES string of the molecule is CC(C)(C)c1cc(-c2ncnc3oc4c5ccc6ncoc6c5ccc4c23)[c-]c2ccccc12.CCC(CC)C(=O)/C=C(\O)C(CC)CC.[Ir]. The van der Waals surface area contributed by atoms with E-state index in [4.69, 9.17) is 13.8 Å². The summed E-state index contributed by atoms with van der Waals surface area (Å²) in [5.41, 5.74) is 5.88. The largest absolute Gasteiger partial charge is 0.512 e. The molecule has 0 aliphatic heterocycles. The van der Waals surface area contributed by atoms with Gasteiger partial charge in [-0.05, 0) is 49.3 Å². The molecule has 0 saturated carbocycles. The van der Waals surface area contributed by atoms with Crippen molar-refractivity contribution in [3.63, 3.8) is 0 Å². The molecule has 0 aliphatic rings. The number of aliphatic hydroxyl groups excluding tert-OH is 1. The Balaban J connectivity index is 0.000000261. The van der Waals surface area contributed by atoms with Crippen LogP contribution in [-0.4, -0.2) is 25.8 Å². The van der Waals surface area contributed by atoms with Crippen LogP contribution < -0.4 is 0 Å². The zero-order chi connectivity index (χ0) is 34.9. The zero-order valence-electron chi connectivity index (χ0n) is 29.8. The molecule has 1 radical (unpaired) electrons. The summed E-state index contributed by atoms with van der Waals surface area (Å²) < 4.78 is 12.0. The summed E-state index contributed by atoms with van der Waals surface area (Å²) in [6.07, 6.45) is 7.94. The van der Waals surface area contributed by atoms with E-state index in [0.29, 0.717) is 5.71 Å². The first-order valence-corrected chi connectivity index (χ1v) is 17.3. The van der Waals surface area contributed by atoms with Gasteiger partial charge in [0.25, 0.3) is 0 Å². The second-order valence-electron chi connectivity index (χ2n) is 13.7. The molecule has 7 nitrogen and oxygen atoms in total. The van der Waals surface area contributed by atoms with E-state index in [1.165, 1.54) is 23.4 Å². The van der Waals surface area contributed by atoms with Crippen molar-refractivity contribution in [3.8, 4) is 11.3 Å². The van der Waals surface area contributed by atoms with Crippen LogP contribution >= 0.6 is 0 Å². The van der Waals surface area contributed by atoms with Crippen LogP contribution in [0.2, 0.25) is 0 Å². The van der Waals surface area contributed by atoms with Gasteiger partial charge >= 0.3 is 0 Å². The Morgan fingerprint density at radius 1 is 0.840 bits per heavy atom. The quantitative estimate of drug-likeness (QED) is 0.0923. The Morgan fingerprint density at radius 3 is 2.20 bits per heavy atom. The summed E-state index contributed by atoms with van der Waals surface area (Å²) >= 11 is 0. The number of carbonyl (C=O) groups excluding carboxylic acids is 1. The van der Waals surface area contributed by atoms with Gasteiger partial charge in [-0.1, -0.05) is 83.7 Å². The van der Waals surface area contributed by atoms with Gasteiger partial charge < -0.3 is 13.9 Å². The number of ketones is 1. The van der Waals surface area contributed by atoms with Crippen LogP contribution in [0.15, 0.2) is 88.0 Å². The van der Waals surface area contributed by atoms with Gasteiger partial charge in [-0.3, -0.25) is 9.78 Å². The molecule has 0 bridgehead atoms. The molecule has 8 heteroatoms. The number of carbonyl (C=O) groups is 1. The molecule has 0 fully saturated rings. The van der Waals surface area contributed by atoms with Crippen molar-refractivity contribution in [2.75, 3.05) is 0 Å². The predicted molar refractivity (Wildman–Crippen MR) is 199 cm³/mol. The van der Waals surface area contributed by atoms with Crippen LogP contribution in [-0.2, 0) is 30.3 Å². The van der Waals surface area contributed by atoms with E-state index in [-0.39, 0.29) is 48.9 Å². The number of aliphatic hydroxyl groups is 1. The number of fused-ring (bicyclic) bond motifs is 8. The van der Waals surface area contributed by atoms with Crippen LogP contribution in [0.4, 0.5) is 0 Å². The number of aromatic nitrogens is 3. The smallest absolute Gasteiger partial charge is 0.223 e. The average Bonchev–Trinajstić information content (AvgIpc) is 3.74. The molecule has 0 aliphatic carbocycles. The third kappa shape index (κ3) is 6.97. The Hall–Kier alpha value is -4.39. The number of allylic oxidation sites excluding steroid dienone is 2. The van der Waals surface area contributed by atoms with Crippen LogP contribution in [0, 0.1) is 17.9 Å². The third-order valence-electron chi connectivity index (χ3n) is 9.64. The fourth-order valence-corrected chi connectivity index (χ4v) is 6.76. The Labute approximate surface area is 306 Å². The van der Waals surface area contributed by atoms with Gasteiger partial charge in [-0.15, -0.1) is 29.1 Å². The van der Waals surface area contributed by atoms with Crippen molar-refractivity contribution in [1.82, 2.24) is 15.0 Å². The van der Waals surface area contributed by atoms with Gasteiger partial charge in [0.2, 0.25) is 5.71 Å². The first-order valence-electron chi connectivity index (χ1n) is 17.3. The van der Waals surface area contributed by atoms with Gasteiger partial charge in [0.15, 0.2) is 17.8 Å². The van der Waals surface area contributed by atoms with Crippen LogP contribution in [0.1, 0.15) is 79.7 Å². The fraction of sp³-hybridized carbons (Fsp3) is 0.333. The maximum Gasteiger partial charge on any atom is 0.223 e. The molecular formula is C42H44IrN3O4-. The summed E-state index contributed by atoms with van der Waals surface area (Å²) in [5.74, 6) is 0.547. The van der Waals surface area contributed by atoms with E-state index < -0.39 is 0 Å². The van der Waals surface area contributed by atoms with Crippen molar-refractivity contribution in [2.45, 2.75) is 79.6 Å². The minimum atomic E-state index is -0.0350. The Bertz CT molecular complexity index is 2320. The number of nitrogens with zero attached hydrogens (tertiary/aromatic N) is 3. The normalized spacial score (nSPS) is 12.3. The Kier molecular flexibility index (Phi) is 11.2. The molecule has 0 unspecified atom stereocenters. The van der Waals surface area contributed by atoms with Crippen LogP contribution in [0.5, 0.6) is 0 Å². The van der Waals surface area contributed by atoms with Gasteiger partial charge in [0.1, 0.15) is 17.4 Å². The number of hydrogen-bond acceptors (Lipinski definition) is 7. The van der Waals surface area contributed by atoms with E-state index in [2.05, 4.69) is 73.2 Å². The molecule has 3 aromatic heterocycles. The van der Waals surface area contributed by atoms with Crippen LogP contribution in [0.3, 0.4) is 0 Å².